The molecule has 1 unspecified atom stereocenters. The van der Waals surface area contributed by atoms with Gasteiger partial charge in [0.05, 0.1) is 29.8 Å². The number of hydrogen-bond acceptors (Lipinski definition) is 4. The quantitative estimate of drug-likeness (QED) is 0.588. The van der Waals surface area contributed by atoms with Gasteiger partial charge in [-0.05, 0) is 37.6 Å². The van der Waals surface area contributed by atoms with Gasteiger partial charge in [0.1, 0.15) is 0 Å². The zero-order valence-corrected chi connectivity index (χ0v) is 15.8. The van der Waals surface area contributed by atoms with Crippen LogP contribution >= 0.6 is 11.6 Å². The molecule has 2 heterocycles. The number of aromatic nitrogens is 1. The van der Waals surface area contributed by atoms with Crippen molar-refractivity contribution in [2.24, 2.45) is 7.05 Å². The van der Waals surface area contributed by atoms with Gasteiger partial charge < -0.3 is 19.4 Å². The van der Waals surface area contributed by atoms with Crippen LogP contribution in [0.4, 0.5) is 5.69 Å². The van der Waals surface area contributed by atoms with Crippen LogP contribution in [0.15, 0.2) is 29.1 Å². The SMILES string of the molecule is Cc1cc2c(n(C)c1=O)-c1ccc(Cl)cc1C(C)C(=O)N2CC(=O)[O-].[Li+]. The van der Waals surface area contributed by atoms with Gasteiger partial charge >= 0.3 is 18.9 Å². The van der Waals surface area contributed by atoms with Gasteiger partial charge in [0.25, 0.3) is 5.56 Å². The Kier molecular flexibility index (Phi) is 5.72. The van der Waals surface area contributed by atoms with Gasteiger partial charge in [0.15, 0.2) is 0 Å². The maximum Gasteiger partial charge on any atom is 1.00 e. The van der Waals surface area contributed by atoms with E-state index in [0.29, 0.717) is 33.1 Å². The maximum absolute atomic E-state index is 12.9. The molecular formula is C18H16ClLiN2O4. The molecule has 1 amide bonds. The summed E-state index contributed by atoms with van der Waals surface area (Å²) in [7, 11) is 1.60. The molecule has 0 saturated heterocycles. The van der Waals surface area contributed by atoms with E-state index >= 15 is 0 Å². The van der Waals surface area contributed by atoms with Crippen LogP contribution < -0.4 is 34.4 Å². The van der Waals surface area contributed by atoms with Gasteiger partial charge in [-0.15, -0.1) is 0 Å². The second-order valence-corrected chi connectivity index (χ2v) is 6.61. The zero-order valence-electron chi connectivity index (χ0n) is 15.0. The number of aliphatic carboxylic acids is 1. The minimum atomic E-state index is -1.37. The number of fused-ring (bicyclic) bond motifs is 3. The molecule has 3 rings (SSSR count). The number of carboxylic acids is 1. The second-order valence-electron chi connectivity index (χ2n) is 6.18. The average molecular weight is 367 g/mol. The number of pyridine rings is 1. The topological polar surface area (TPSA) is 82.4 Å². The van der Waals surface area contributed by atoms with Crippen LogP contribution in [0.2, 0.25) is 5.02 Å². The molecule has 1 aromatic heterocycles. The van der Waals surface area contributed by atoms with Crippen molar-refractivity contribution in [1.82, 2.24) is 4.57 Å². The smallest absolute Gasteiger partial charge is 0.548 e. The normalized spacial score (nSPS) is 15.6. The number of carbonyl (C=O) groups is 2. The van der Waals surface area contributed by atoms with Gasteiger partial charge in [-0.1, -0.05) is 17.7 Å². The van der Waals surface area contributed by atoms with E-state index in [1.165, 1.54) is 4.57 Å². The van der Waals surface area contributed by atoms with Gasteiger partial charge in [0.2, 0.25) is 5.91 Å². The Bertz CT molecular complexity index is 970. The zero-order chi connectivity index (χ0) is 18.5. The third kappa shape index (κ3) is 3.21. The van der Waals surface area contributed by atoms with Crippen molar-refractivity contribution < 1.29 is 33.6 Å². The summed E-state index contributed by atoms with van der Waals surface area (Å²) in [6.07, 6.45) is 0. The second kappa shape index (κ2) is 7.32. The van der Waals surface area contributed by atoms with Crippen molar-refractivity contribution >= 4 is 29.2 Å². The molecule has 26 heavy (non-hydrogen) atoms. The molecule has 0 spiro atoms. The van der Waals surface area contributed by atoms with Crippen molar-refractivity contribution in [1.29, 1.82) is 0 Å². The number of hydrogen-bond donors (Lipinski definition) is 0. The number of carbonyl (C=O) groups excluding carboxylic acids is 2. The van der Waals surface area contributed by atoms with E-state index in [1.54, 1.807) is 45.2 Å². The summed E-state index contributed by atoms with van der Waals surface area (Å²) >= 11 is 6.09. The summed E-state index contributed by atoms with van der Waals surface area (Å²) in [4.78, 5) is 37.7. The molecule has 1 aromatic carbocycles. The first-order valence-corrected chi connectivity index (χ1v) is 8.11. The number of rotatable bonds is 2. The van der Waals surface area contributed by atoms with Gasteiger partial charge in [-0.2, -0.15) is 0 Å². The summed E-state index contributed by atoms with van der Waals surface area (Å²) in [6.45, 7) is 2.73. The number of benzene rings is 1. The molecule has 1 atom stereocenters. The Morgan fingerprint density at radius 1 is 1.27 bits per heavy atom. The first-order chi connectivity index (χ1) is 11.7. The minimum Gasteiger partial charge on any atom is -0.548 e. The first kappa shape index (κ1) is 20.3. The Balaban J connectivity index is 0.00000243. The molecule has 0 bridgehead atoms. The van der Waals surface area contributed by atoms with E-state index < -0.39 is 18.4 Å². The largest absolute Gasteiger partial charge is 1.00 e. The number of anilines is 1. The molecular weight excluding hydrogens is 351 g/mol. The summed E-state index contributed by atoms with van der Waals surface area (Å²) in [6, 6.07) is 6.66. The van der Waals surface area contributed by atoms with Crippen LogP contribution in [0, 0.1) is 6.92 Å². The minimum absolute atomic E-state index is 0. The van der Waals surface area contributed by atoms with Crippen LogP contribution in [-0.2, 0) is 16.6 Å². The van der Waals surface area contributed by atoms with E-state index in [0.717, 1.165) is 4.90 Å². The van der Waals surface area contributed by atoms with E-state index in [2.05, 4.69) is 0 Å². The summed E-state index contributed by atoms with van der Waals surface area (Å²) < 4.78 is 1.44. The third-order valence-electron chi connectivity index (χ3n) is 4.52. The molecule has 0 radical (unpaired) electrons. The molecule has 1 aliphatic rings. The fourth-order valence-corrected chi connectivity index (χ4v) is 3.46. The molecule has 6 nitrogen and oxygen atoms in total. The first-order valence-electron chi connectivity index (χ1n) is 7.74. The number of aryl methyl sites for hydroxylation is 1. The van der Waals surface area contributed by atoms with Gasteiger partial charge in [-0.25, -0.2) is 0 Å². The molecule has 1 aliphatic heterocycles. The summed E-state index contributed by atoms with van der Waals surface area (Å²) in [5.74, 6) is -2.37. The molecule has 0 aliphatic carbocycles. The molecule has 130 valence electrons. The number of nitrogens with zero attached hydrogens (tertiary/aromatic N) is 2. The Morgan fingerprint density at radius 2 is 1.92 bits per heavy atom. The van der Waals surface area contributed by atoms with Gasteiger partial charge in [-0.3, -0.25) is 9.59 Å². The number of halogens is 1. The summed E-state index contributed by atoms with van der Waals surface area (Å²) in [5.41, 5.74) is 2.40. The standard InChI is InChI=1S/C18H17ClN2O4.Li/c1-9-6-14-16(20(3)17(9)24)12-5-4-11(19)7-13(12)10(2)18(25)21(14)8-15(22)23;/h4-7,10H,8H2,1-3H3,(H,22,23);/q;+1/p-1. The van der Waals surface area contributed by atoms with Crippen molar-refractivity contribution in [3.8, 4) is 11.3 Å². The van der Waals surface area contributed by atoms with E-state index in [9.17, 15) is 19.5 Å². The van der Waals surface area contributed by atoms with Crippen molar-refractivity contribution in [2.75, 3.05) is 11.4 Å². The Morgan fingerprint density at radius 3 is 2.54 bits per heavy atom. The van der Waals surface area contributed by atoms with E-state index in [1.807, 2.05) is 0 Å². The van der Waals surface area contributed by atoms with Crippen molar-refractivity contribution in [3.63, 3.8) is 0 Å². The Hall–Kier alpha value is -2.00. The van der Waals surface area contributed by atoms with Crippen LogP contribution in [0.1, 0.15) is 24.0 Å². The molecule has 2 aromatic rings. The predicted octanol–water partition coefficient (Wildman–Crippen LogP) is -1.78. The molecule has 0 N–H and O–H groups in total. The predicted molar refractivity (Wildman–Crippen MR) is 92.6 cm³/mol. The third-order valence-corrected chi connectivity index (χ3v) is 4.76. The number of carboxylic acid groups (broad SMARTS) is 1. The van der Waals surface area contributed by atoms with Gasteiger partial charge in [0, 0.05) is 23.2 Å². The monoisotopic (exact) mass is 366 g/mol. The maximum atomic E-state index is 12.9. The average Bonchev–Trinajstić information content (AvgIpc) is 2.63. The van der Waals surface area contributed by atoms with E-state index in [4.69, 9.17) is 11.6 Å². The van der Waals surface area contributed by atoms with Crippen LogP contribution in [-0.4, -0.2) is 23.0 Å². The Labute approximate surface area is 167 Å². The molecule has 8 heteroatoms. The molecule has 0 fully saturated rings. The fourth-order valence-electron chi connectivity index (χ4n) is 3.28. The van der Waals surface area contributed by atoms with Crippen LogP contribution in [0.3, 0.4) is 0 Å². The van der Waals surface area contributed by atoms with Crippen LogP contribution in [0.25, 0.3) is 11.3 Å². The van der Waals surface area contributed by atoms with Crippen LogP contribution in [0.5, 0.6) is 0 Å². The van der Waals surface area contributed by atoms with Crippen molar-refractivity contribution in [2.45, 2.75) is 19.8 Å². The number of amides is 1. The molecule has 0 saturated carbocycles. The fraction of sp³-hybridized carbons (Fsp3) is 0.278. The van der Waals surface area contributed by atoms with E-state index in [-0.39, 0.29) is 30.3 Å². The van der Waals surface area contributed by atoms with Crippen molar-refractivity contribution in [3.05, 3.63) is 50.8 Å². The summed E-state index contributed by atoms with van der Waals surface area (Å²) in [5, 5.41) is 11.7.